The molecule has 0 aliphatic rings. The first-order valence-corrected chi connectivity index (χ1v) is 12.4. The van der Waals surface area contributed by atoms with E-state index in [1.165, 1.54) is 18.7 Å². The van der Waals surface area contributed by atoms with Gasteiger partial charge in [-0.3, -0.25) is 0 Å². The maximum absolute atomic E-state index is 13.0. The van der Waals surface area contributed by atoms with Gasteiger partial charge in [0.1, 0.15) is 21.3 Å². The van der Waals surface area contributed by atoms with Crippen LogP contribution in [0.3, 0.4) is 0 Å². The summed E-state index contributed by atoms with van der Waals surface area (Å²) in [5.41, 5.74) is 1.72. The number of aryl methyl sites for hydroxylation is 1. The molecule has 0 fully saturated rings. The Bertz CT molecular complexity index is 1210. The number of nitrogens with zero attached hydrogens (tertiary/aromatic N) is 1. The van der Waals surface area contributed by atoms with Crippen molar-refractivity contribution in [3.05, 3.63) is 90.0 Å². The standard InChI is InChI=1S/C24H23NO5S2/c1-18-12-14-22(15-13-18)31-23(24(26)28-2)25-30-32(3,27)17-19-8-7-11-21(16-19)29-20-9-5-4-6-10-20/h4-17H,1-3H3. The van der Waals surface area contributed by atoms with Gasteiger partial charge in [0, 0.05) is 16.5 Å². The highest BCUT2D eigenvalue weighted by molar-refractivity contribution is 8.15. The zero-order valence-corrected chi connectivity index (χ0v) is 19.5. The van der Waals surface area contributed by atoms with E-state index in [0.717, 1.165) is 22.2 Å². The van der Waals surface area contributed by atoms with Gasteiger partial charge >= 0.3 is 5.97 Å². The van der Waals surface area contributed by atoms with Gasteiger partial charge in [0.2, 0.25) is 5.04 Å². The molecule has 0 amide bonds. The Hall–Kier alpha value is -3.23. The van der Waals surface area contributed by atoms with Crippen LogP contribution in [0.4, 0.5) is 0 Å². The van der Waals surface area contributed by atoms with E-state index in [-0.39, 0.29) is 5.04 Å². The molecule has 0 spiro atoms. The highest BCUT2D eigenvalue weighted by Crippen LogP contribution is 2.23. The van der Waals surface area contributed by atoms with Gasteiger partial charge in [-0.25, -0.2) is 9.00 Å². The molecule has 0 aromatic heterocycles. The van der Waals surface area contributed by atoms with E-state index in [2.05, 4.69) is 5.16 Å². The Morgan fingerprint density at radius 3 is 2.34 bits per heavy atom. The van der Waals surface area contributed by atoms with Crippen LogP contribution in [0.5, 0.6) is 11.5 Å². The molecule has 3 aromatic carbocycles. The van der Waals surface area contributed by atoms with Gasteiger partial charge in [-0.2, -0.15) is 0 Å². The Labute approximate surface area is 192 Å². The molecule has 1 atom stereocenters. The Morgan fingerprint density at radius 1 is 0.969 bits per heavy atom. The number of hydrogen-bond donors (Lipinski definition) is 0. The van der Waals surface area contributed by atoms with Gasteiger partial charge in [-0.1, -0.05) is 64.9 Å². The van der Waals surface area contributed by atoms with Crippen molar-refractivity contribution in [1.29, 1.82) is 0 Å². The summed E-state index contributed by atoms with van der Waals surface area (Å²) in [4.78, 5) is 12.9. The SMILES string of the molecule is COC(=O)C(=NOS(C)(=O)=Cc1cccc(Oc2ccccc2)c1)Sc1ccc(C)cc1. The predicted octanol–water partition coefficient (Wildman–Crippen LogP) is 5.06. The fraction of sp³-hybridized carbons (Fsp3) is 0.125. The number of oxime groups is 1. The van der Waals surface area contributed by atoms with Crippen molar-refractivity contribution in [2.45, 2.75) is 11.8 Å². The van der Waals surface area contributed by atoms with E-state index in [0.29, 0.717) is 17.1 Å². The van der Waals surface area contributed by atoms with Gasteiger partial charge in [-0.05, 0) is 48.9 Å². The number of benzene rings is 3. The number of para-hydroxylation sites is 1. The van der Waals surface area contributed by atoms with Crippen molar-refractivity contribution in [1.82, 2.24) is 0 Å². The average Bonchev–Trinajstić information content (AvgIpc) is 2.78. The summed E-state index contributed by atoms with van der Waals surface area (Å²) in [6.45, 7) is 1.97. The lowest BCUT2D eigenvalue weighted by atomic mass is 10.2. The zero-order chi connectivity index (χ0) is 23.0. The van der Waals surface area contributed by atoms with Crippen molar-refractivity contribution in [2.75, 3.05) is 13.4 Å². The molecule has 0 saturated heterocycles. The number of ether oxygens (including phenoxy) is 2. The average molecular weight is 470 g/mol. The minimum Gasteiger partial charge on any atom is -0.464 e. The smallest absolute Gasteiger partial charge is 0.367 e. The predicted molar refractivity (Wildman–Crippen MR) is 130 cm³/mol. The Balaban J connectivity index is 1.78. The van der Waals surface area contributed by atoms with Crippen LogP contribution in [0.1, 0.15) is 11.1 Å². The molecule has 32 heavy (non-hydrogen) atoms. The minimum atomic E-state index is -3.00. The van der Waals surface area contributed by atoms with Crippen LogP contribution in [0.25, 0.3) is 0 Å². The molecule has 3 rings (SSSR count). The topological polar surface area (TPSA) is 74.2 Å². The van der Waals surface area contributed by atoms with Crippen LogP contribution in [-0.2, 0) is 23.6 Å². The van der Waals surface area contributed by atoms with Crippen LogP contribution in [0.2, 0.25) is 0 Å². The van der Waals surface area contributed by atoms with Crippen LogP contribution in [-0.4, -0.2) is 34.0 Å². The normalized spacial score (nSPS) is 13.0. The number of carbonyl (C=O) groups is 1. The van der Waals surface area contributed by atoms with Crippen molar-refractivity contribution in [3.8, 4) is 11.5 Å². The van der Waals surface area contributed by atoms with Gasteiger partial charge in [-0.15, -0.1) is 0 Å². The summed E-state index contributed by atoms with van der Waals surface area (Å²) < 4.78 is 28.8. The molecule has 0 N–H and O–H groups in total. The van der Waals surface area contributed by atoms with E-state index in [9.17, 15) is 9.00 Å². The molecular formula is C24H23NO5S2. The number of esters is 1. The summed E-state index contributed by atoms with van der Waals surface area (Å²) >= 11 is 1.07. The molecule has 8 heteroatoms. The second kappa shape index (κ2) is 10.9. The summed E-state index contributed by atoms with van der Waals surface area (Å²) in [6, 6.07) is 24.0. The van der Waals surface area contributed by atoms with Gasteiger partial charge in [0.15, 0.2) is 0 Å². The summed E-state index contributed by atoms with van der Waals surface area (Å²) in [5, 5.41) is 5.23. The fourth-order valence-corrected chi connectivity index (χ4v) is 4.25. The van der Waals surface area contributed by atoms with E-state index in [1.807, 2.05) is 61.5 Å². The van der Waals surface area contributed by atoms with Gasteiger partial charge in [0.05, 0.1) is 7.11 Å². The molecule has 6 nitrogen and oxygen atoms in total. The first-order chi connectivity index (χ1) is 15.3. The molecule has 1 unspecified atom stereocenters. The van der Waals surface area contributed by atoms with Crippen LogP contribution in [0, 0.1) is 6.92 Å². The van der Waals surface area contributed by atoms with Crippen LogP contribution in [0.15, 0.2) is 88.9 Å². The lowest BCUT2D eigenvalue weighted by Crippen LogP contribution is -2.14. The van der Waals surface area contributed by atoms with E-state index >= 15 is 0 Å². The maximum atomic E-state index is 13.0. The second-order valence-electron chi connectivity index (χ2n) is 6.81. The lowest BCUT2D eigenvalue weighted by molar-refractivity contribution is -0.132. The number of methoxy groups -OCH3 is 1. The lowest BCUT2D eigenvalue weighted by Gasteiger charge is -2.08. The summed E-state index contributed by atoms with van der Waals surface area (Å²) in [6.07, 6.45) is 1.40. The van der Waals surface area contributed by atoms with Gasteiger partial charge in [0.25, 0.3) is 0 Å². The molecule has 3 aromatic rings. The fourth-order valence-electron chi connectivity index (χ4n) is 2.56. The number of hydrogen-bond acceptors (Lipinski definition) is 7. The molecular weight excluding hydrogens is 446 g/mol. The number of rotatable bonds is 6. The largest absolute Gasteiger partial charge is 0.464 e. The highest BCUT2D eigenvalue weighted by Gasteiger charge is 2.16. The Kier molecular flexibility index (Phi) is 7.97. The van der Waals surface area contributed by atoms with E-state index < -0.39 is 15.8 Å². The maximum Gasteiger partial charge on any atom is 0.367 e. The molecule has 0 saturated carbocycles. The monoisotopic (exact) mass is 469 g/mol. The third-order valence-electron chi connectivity index (χ3n) is 4.05. The summed E-state index contributed by atoms with van der Waals surface area (Å²) in [5.74, 6) is 0.608. The Morgan fingerprint density at radius 2 is 1.66 bits per heavy atom. The second-order valence-corrected chi connectivity index (χ2v) is 9.92. The zero-order valence-electron chi connectivity index (χ0n) is 17.9. The summed E-state index contributed by atoms with van der Waals surface area (Å²) in [7, 11) is -1.75. The number of carbonyl (C=O) groups excluding carboxylic acids is 1. The molecule has 0 aliphatic carbocycles. The molecule has 166 valence electrons. The van der Waals surface area contributed by atoms with Crippen LogP contribution < -0.4 is 4.74 Å². The number of thioether (sulfide) groups is 1. The molecule has 0 aliphatic heterocycles. The molecule has 0 bridgehead atoms. The first-order valence-electron chi connectivity index (χ1n) is 9.61. The van der Waals surface area contributed by atoms with Crippen molar-refractivity contribution in [2.24, 2.45) is 5.16 Å². The van der Waals surface area contributed by atoms with E-state index in [1.54, 1.807) is 24.3 Å². The van der Waals surface area contributed by atoms with E-state index in [4.69, 9.17) is 13.8 Å². The van der Waals surface area contributed by atoms with Crippen molar-refractivity contribution in [3.63, 3.8) is 0 Å². The third-order valence-corrected chi connectivity index (χ3v) is 6.06. The molecule has 0 radical (unpaired) electrons. The highest BCUT2D eigenvalue weighted by atomic mass is 32.2. The third kappa shape index (κ3) is 7.18. The minimum absolute atomic E-state index is 0.0551. The first kappa shape index (κ1) is 23.4. The van der Waals surface area contributed by atoms with Crippen molar-refractivity contribution >= 4 is 37.9 Å². The van der Waals surface area contributed by atoms with Crippen molar-refractivity contribution < 1.29 is 22.8 Å². The van der Waals surface area contributed by atoms with Gasteiger partial charge < -0.3 is 13.8 Å². The van der Waals surface area contributed by atoms with Crippen LogP contribution >= 0.6 is 11.8 Å². The quantitative estimate of drug-likeness (QED) is 0.125. The molecule has 0 heterocycles.